The number of nitrogens with zero attached hydrogens (tertiary/aromatic N) is 1. The average molecular weight is 210 g/mol. The van der Waals surface area contributed by atoms with Gasteiger partial charge in [-0.15, -0.1) is 0 Å². The molecule has 0 radical (unpaired) electrons. The summed E-state index contributed by atoms with van der Waals surface area (Å²) in [5.41, 5.74) is 0.299. The van der Waals surface area contributed by atoms with E-state index in [1.807, 2.05) is 0 Å². The van der Waals surface area contributed by atoms with Crippen molar-refractivity contribution in [1.29, 1.82) is 0 Å². The van der Waals surface area contributed by atoms with Crippen LogP contribution in [0.1, 0.15) is 41.0 Å². The van der Waals surface area contributed by atoms with Crippen molar-refractivity contribution in [3.8, 4) is 0 Å². The van der Waals surface area contributed by atoms with Crippen LogP contribution in [0.25, 0.3) is 0 Å². The zero-order valence-corrected chi connectivity index (χ0v) is 10.9. The minimum absolute atomic E-state index is 0.299. The topological polar surface area (TPSA) is 15.3 Å². The van der Waals surface area contributed by atoms with Crippen molar-refractivity contribution in [2.75, 3.05) is 13.1 Å². The molecule has 2 heteroatoms. The highest BCUT2D eigenvalue weighted by Gasteiger charge is 2.45. The first-order valence-corrected chi connectivity index (χ1v) is 6.41. The van der Waals surface area contributed by atoms with Gasteiger partial charge in [-0.3, -0.25) is 4.90 Å². The Hall–Kier alpha value is -0.0800. The normalized spacial score (nSPS) is 40.8. The molecular formula is C13H26N2. The van der Waals surface area contributed by atoms with Crippen molar-refractivity contribution in [1.82, 2.24) is 10.2 Å². The number of hydrogen-bond donors (Lipinski definition) is 1. The molecule has 88 valence electrons. The highest BCUT2D eigenvalue weighted by molar-refractivity contribution is 5.02. The molecule has 1 heterocycles. The van der Waals surface area contributed by atoms with Gasteiger partial charge in [0.05, 0.1) is 0 Å². The largest absolute Gasteiger partial charge is 0.309 e. The first-order valence-electron chi connectivity index (χ1n) is 6.41. The summed E-state index contributed by atoms with van der Waals surface area (Å²) in [4.78, 5) is 2.77. The lowest BCUT2D eigenvalue weighted by Crippen LogP contribution is -2.63. The zero-order chi connectivity index (χ0) is 11.2. The van der Waals surface area contributed by atoms with Gasteiger partial charge in [0.2, 0.25) is 0 Å². The van der Waals surface area contributed by atoms with Crippen molar-refractivity contribution < 1.29 is 0 Å². The molecule has 0 spiro atoms. The molecule has 0 aromatic carbocycles. The van der Waals surface area contributed by atoms with Crippen molar-refractivity contribution in [2.24, 2.45) is 11.8 Å². The molecule has 2 fully saturated rings. The summed E-state index contributed by atoms with van der Waals surface area (Å²) in [6.45, 7) is 14.1. The Balaban J connectivity index is 2.06. The highest BCUT2D eigenvalue weighted by atomic mass is 15.3. The maximum absolute atomic E-state index is 3.68. The molecule has 1 aliphatic heterocycles. The van der Waals surface area contributed by atoms with Gasteiger partial charge in [-0.1, -0.05) is 20.8 Å². The quantitative estimate of drug-likeness (QED) is 0.751. The lowest BCUT2D eigenvalue weighted by atomic mass is 9.93. The predicted molar refractivity (Wildman–Crippen MR) is 65.0 cm³/mol. The van der Waals surface area contributed by atoms with Crippen molar-refractivity contribution in [3.63, 3.8) is 0 Å². The SMILES string of the molecule is CC(C)C1CNC(C)(C)CN1C1CC1C. The molecule has 15 heavy (non-hydrogen) atoms. The number of hydrogen-bond acceptors (Lipinski definition) is 2. The lowest BCUT2D eigenvalue weighted by molar-refractivity contribution is 0.0585. The Labute approximate surface area is 94.4 Å². The van der Waals surface area contributed by atoms with Crippen LogP contribution in [0.4, 0.5) is 0 Å². The van der Waals surface area contributed by atoms with Crippen LogP contribution in [0.3, 0.4) is 0 Å². The fraction of sp³-hybridized carbons (Fsp3) is 1.00. The Morgan fingerprint density at radius 2 is 1.93 bits per heavy atom. The number of rotatable bonds is 2. The summed E-state index contributed by atoms with van der Waals surface area (Å²) in [7, 11) is 0. The van der Waals surface area contributed by atoms with Crippen LogP contribution in [0, 0.1) is 11.8 Å². The predicted octanol–water partition coefficient (Wildman–Crippen LogP) is 2.10. The first-order chi connectivity index (χ1) is 6.91. The van der Waals surface area contributed by atoms with E-state index in [-0.39, 0.29) is 0 Å². The average Bonchev–Trinajstić information content (AvgIpc) is 2.80. The molecule has 2 rings (SSSR count). The van der Waals surface area contributed by atoms with E-state index in [1.54, 1.807) is 0 Å². The van der Waals surface area contributed by atoms with E-state index in [1.165, 1.54) is 13.0 Å². The summed E-state index contributed by atoms with van der Waals surface area (Å²) in [5.74, 6) is 1.70. The van der Waals surface area contributed by atoms with Gasteiger partial charge in [0.15, 0.2) is 0 Å². The minimum atomic E-state index is 0.299. The van der Waals surface area contributed by atoms with Gasteiger partial charge in [-0.05, 0) is 32.1 Å². The van der Waals surface area contributed by atoms with Crippen LogP contribution < -0.4 is 5.32 Å². The number of nitrogens with one attached hydrogen (secondary N) is 1. The third-order valence-corrected chi connectivity index (χ3v) is 4.06. The third-order valence-electron chi connectivity index (χ3n) is 4.06. The van der Waals surface area contributed by atoms with Crippen LogP contribution in [0.15, 0.2) is 0 Å². The molecule has 1 saturated carbocycles. The van der Waals surface area contributed by atoms with E-state index >= 15 is 0 Å². The summed E-state index contributed by atoms with van der Waals surface area (Å²) < 4.78 is 0. The molecule has 0 amide bonds. The van der Waals surface area contributed by atoms with Crippen LogP contribution in [-0.4, -0.2) is 35.6 Å². The molecule has 0 aromatic heterocycles. The maximum atomic E-state index is 3.68. The molecule has 3 atom stereocenters. The van der Waals surface area contributed by atoms with Crippen LogP contribution in [0.2, 0.25) is 0 Å². The maximum Gasteiger partial charge on any atom is 0.0253 e. The summed E-state index contributed by atoms with van der Waals surface area (Å²) in [6.07, 6.45) is 1.42. The second-order valence-corrected chi connectivity index (χ2v) is 6.53. The van der Waals surface area contributed by atoms with E-state index < -0.39 is 0 Å². The van der Waals surface area contributed by atoms with Crippen LogP contribution >= 0.6 is 0 Å². The summed E-state index contributed by atoms with van der Waals surface area (Å²) in [5, 5.41) is 3.68. The monoisotopic (exact) mass is 210 g/mol. The summed E-state index contributed by atoms with van der Waals surface area (Å²) >= 11 is 0. The molecular weight excluding hydrogens is 184 g/mol. The number of piperazine rings is 1. The Kier molecular flexibility index (Phi) is 2.85. The minimum Gasteiger partial charge on any atom is -0.309 e. The zero-order valence-electron chi connectivity index (χ0n) is 10.9. The first kappa shape index (κ1) is 11.4. The Bertz CT molecular complexity index is 235. The molecule has 0 bridgehead atoms. The van der Waals surface area contributed by atoms with Gasteiger partial charge < -0.3 is 5.32 Å². The molecule has 2 nitrogen and oxygen atoms in total. The molecule has 1 saturated heterocycles. The van der Waals surface area contributed by atoms with Crippen LogP contribution in [-0.2, 0) is 0 Å². The smallest absolute Gasteiger partial charge is 0.0253 e. The fourth-order valence-corrected chi connectivity index (χ4v) is 2.87. The van der Waals surface area contributed by atoms with Crippen molar-refractivity contribution in [3.05, 3.63) is 0 Å². The van der Waals surface area contributed by atoms with Crippen LogP contribution in [0.5, 0.6) is 0 Å². The van der Waals surface area contributed by atoms with Crippen molar-refractivity contribution in [2.45, 2.75) is 58.7 Å². The standard InChI is InChI=1S/C13H26N2/c1-9(2)12-7-14-13(4,5)8-15(12)11-6-10(11)3/h9-12,14H,6-8H2,1-5H3. The molecule has 1 aliphatic carbocycles. The van der Waals surface area contributed by atoms with E-state index in [4.69, 9.17) is 0 Å². The van der Waals surface area contributed by atoms with E-state index in [9.17, 15) is 0 Å². The van der Waals surface area contributed by atoms with Gasteiger partial charge in [-0.2, -0.15) is 0 Å². The Morgan fingerprint density at radius 1 is 1.33 bits per heavy atom. The van der Waals surface area contributed by atoms with E-state index in [0.717, 1.165) is 30.5 Å². The van der Waals surface area contributed by atoms with Gasteiger partial charge in [0, 0.05) is 30.7 Å². The Morgan fingerprint density at radius 3 is 2.40 bits per heavy atom. The molecule has 1 N–H and O–H groups in total. The van der Waals surface area contributed by atoms with Gasteiger partial charge in [0.25, 0.3) is 0 Å². The van der Waals surface area contributed by atoms with E-state index in [0.29, 0.717) is 5.54 Å². The second kappa shape index (κ2) is 3.74. The fourth-order valence-electron chi connectivity index (χ4n) is 2.87. The van der Waals surface area contributed by atoms with Gasteiger partial charge >= 0.3 is 0 Å². The third kappa shape index (κ3) is 2.36. The molecule has 0 aromatic rings. The van der Waals surface area contributed by atoms with Gasteiger partial charge in [0.1, 0.15) is 0 Å². The molecule has 2 aliphatic rings. The lowest BCUT2D eigenvalue weighted by Gasteiger charge is -2.46. The highest BCUT2D eigenvalue weighted by Crippen LogP contribution is 2.39. The summed E-state index contributed by atoms with van der Waals surface area (Å²) in [6, 6.07) is 1.62. The van der Waals surface area contributed by atoms with Crippen molar-refractivity contribution >= 4 is 0 Å². The second-order valence-electron chi connectivity index (χ2n) is 6.53. The molecule has 3 unspecified atom stereocenters. The van der Waals surface area contributed by atoms with E-state index in [2.05, 4.69) is 44.8 Å². The van der Waals surface area contributed by atoms with Gasteiger partial charge in [-0.25, -0.2) is 0 Å².